The number of nitrogens with one attached hydrogen (secondary N) is 4. The molecule has 9 heteroatoms. The van der Waals surface area contributed by atoms with Crippen LogP contribution in [-0.2, 0) is 19.2 Å². The number of hydrogen-bond donors (Lipinski definition) is 4. The minimum absolute atomic E-state index is 0.221. The van der Waals surface area contributed by atoms with Crippen molar-refractivity contribution in [1.29, 1.82) is 0 Å². The average Bonchev–Trinajstić information content (AvgIpc) is 2.57. The molecule has 0 saturated carbocycles. The van der Waals surface area contributed by atoms with Crippen molar-refractivity contribution < 1.29 is 19.2 Å². The molecule has 0 aromatic heterocycles. The summed E-state index contributed by atoms with van der Waals surface area (Å²) >= 11 is 1.33. The number of hydrogen-bond acceptors (Lipinski definition) is 5. The van der Waals surface area contributed by atoms with Gasteiger partial charge in [-0.1, -0.05) is 27.7 Å². The van der Waals surface area contributed by atoms with Crippen molar-refractivity contribution in [2.75, 3.05) is 18.1 Å². The second kappa shape index (κ2) is 12.0. The van der Waals surface area contributed by atoms with Crippen LogP contribution in [0.25, 0.3) is 0 Å². The molecule has 0 aliphatic rings. The molecule has 0 aromatic carbocycles. The van der Waals surface area contributed by atoms with Crippen LogP contribution in [0.5, 0.6) is 0 Å². The molecule has 8 nitrogen and oxygen atoms in total. The lowest BCUT2D eigenvalue weighted by atomic mass is 9.95. The summed E-state index contributed by atoms with van der Waals surface area (Å²) in [5.74, 6) is -0.424. The predicted molar refractivity (Wildman–Crippen MR) is 118 cm³/mol. The van der Waals surface area contributed by atoms with Crippen LogP contribution in [0.1, 0.15) is 61.8 Å². The first kappa shape index (κ1) is 27.2. The van der Waals surface area contributed by atoms with Crippen LogP contribution >= 0.6 is 11.8 Å². The lowest BCUT2D eigenvalue weighted by molar-refractivity contribution is -0.133. The first-order valence-corrected chi connectivity index (χ1v) is 11.1. The van der Waals surface area contributed by atoms with Gasteiger partial charge in [0.1, 0.15) is 12.1 Å². The van der Waals surface area contributed by atoms with Gasteiger partial charge in [0.15, 0.2) is 0 Å². The van der Waals surface area contributed by atoms with Crippen LogP contribution in [0.3, 0.4) is 0 Å². The number of rotatable bonds is 10. The maximum atomic E-state index is 12.5. The van der Waals surface area contributed by atoms with Crippen molar-refractivity contribution in [3.05, 3.63) is 0 Å². The van der Waals surface area contributed by atoms with Crippen LogP contribution in [0, 0.1) is 5.41 Å². The molecule has 0 aromatic rings. The molecule has 29 heavy (non-hydrogen) atoms. The van der Waals surface area contributed by atoms with Crippen molar-refractivity contribution >= 4 is 35.4 Å². The van der Waals surface area contributed by atoms with Crippen LogP contribution in [0.15, 0.2) is 0 Å². The minimum Gasteiger partial charge on any atom is -0.355 e. The van der Waals surface area contributed by atoms with Gasteiger partial charge in [-0.05, 0) is 27.7 Å². The van der Waals surface area contributed by atoms with E-state index >= 15 is 0 Å². The number of likely N-dealkylation sites (N-methyl/N-ethyl adjacent to an activating group) is 1. The van der Waals surface area contributed by atoms with Crippen molar-refractivity contribution in [3.8, 4) is 0 Å². The Morgan fingerprint density at radius 2 is 1.34 bits per heavy atom. The van der Waals surface area contributed by atoms with Gasteiger partial charge in [0.05, 0.1) is 0 Å². The molecule has 4 amide bonds. The lowest BCUT2D eigenvalue weighted by Gasteiger charge is -2.26. The van der Waals surface area contributed by atoms with Gasteiger partial charge in [0.2, 0.25) is 23.6 Å². The van der Waals surface area contributed by atoms with Gasteiger partial charge < -0.3 is 21.3 Å². The van der Waals surface area contributed by atoms with Crippen LogP contribution in [0.2, 0.25) is 0 Å². The molecule has 0 radical (unpaired) electrons. The molecule has 168 valence electrons. The van der Waals surface area contributed by atoms with Gasteiger partial charge in [0.25, 0.3) is 0 Å². The second-order valence-corrected chi connectivity index (χ2v) is 10.00. The third-order valence-electron chi connectivity index (χ3n) is 3.69. The van der Waals surface area contributed by atoms with E-state index in [2.05, 4.69) is 21.3 Å². The summed E-state index contributed by atoms with van der Waals surface area (Å²) in [5.41, 5.74) is -1.05. The van der Waals surface area contributed by atoms with Crippen LogP contribution in [-0.4, -0.2) is 59.3 Å². The Morgan fingerprint density at radius 3 is 1.76 bits per heavy atom. The topological polar surface area (TPSA) is 116 Å². The van der Waals surface area contributed by atoms with E-state index in [0.29, 0.717) is 6.54 Å². The van der Waals surface area contributed by atoms with E-state index in [0.717, 1.165) is 0 Å². The molecule has 0 aliphatic carbocycles. The number of amides is 4. The molecule has 2 unspecified atom stereocenters. The molecule has 0 spiro atoms. The van der Waals surface area contributed by atoms with Gasteiger partial charge in [-0.25, -0.2) is 0 Å². The molecule has 0 aliphatic heterocycles. The van der Waals surface area contributed by atoms with Gasteiger partial charge in [0, 0.05) is 35.4 Å². The van der Waals surface area contributed by atoms with E-state index in [1.165, 1.54) is 11.8 Å². The fourth-order valence-electron chi connectivity index (χ4n) is 2.09. The van der Waals surface area contributed by atoms with Crippen molar-refractivity contribution in [3.63, 3.8) is 0 Å². The molecule has 2 atom stereocenters. The van der Waals surface area contributed by atoms with Gasteiger partial charge in [-0.15, -0.1) is 0 Å². The summed E-state index contributed by atoms with van der Waals surface area (Å²) in [7, 11) is 0. The minimum atomic E-state index is -0.722. The summed E-state index contributed by atoms with van der Waals surface area (Å²) in [5, 5.41) is 11.1. The predicted octanol–water partition coefficient (Wildman–Crippen LogP) is 1.20. The largest absolute Gasteiger partial charge is 0.355 e. The summed E-state index contributed by atoms with van der Waals surface area (Å²) in [6.45, 7) is 14.9. The van der Waals surface area contributed by atoms with E-state index in [1.807, 2.05) is 20.8 Å². The van der Waals surface area contributed by atoms with Crippen molar-refractivity contribution in [2.24, 2.45) is 5.41 Å². The smallest absolute Gasteiger partial charge is 0.243 e. The zero-order chi connectivity index (χ0) is 22.8. The van der Waals surface area contributed by atoms with E-state index in [-0.39, 0.29) is 41.6 Å². The Labute approximate surface area is 179 Å². The van der Waals surface area contributed by atoms with Gasteiger partial charge in [-0.3, -0.25) is 19.2 Å². The molecule has 0 heterocycles. The second-order valence-electron chi connectivity index (χ2n) is 8.92. The zero-order valence-corrected chi connectivity index (χ0v) is 19.8. The number of carbonyl (C=O) groups is 4. The highest BCUT2D eigenvalue weighted by Gasteiger charge is 2.29. The Bertz CT molecular complexity index is 580. The van der Waals surface area contributed by atoms with Crippen molar-refractivity contribution in [1.82, 2.24) is 21.3 Å². The maximum Gasteiger partial charge on any atom is 0.243 e. The molecule has 0 rings (SSSR count). The number of carbonyl (C=O) groups excluding carboxylic acids is 4. The Balaban J connectivity index is 5.10. The molecule has 4 N–H and O–H groups in total. The average molecular weight is 431 g/mol. The maximum absolute atomic E-state index is 12.5. The van der Waals surface area contributed by atoms with E-state index in [4.69, 9.17) is 0 Å². The van der Waals surface area contributed by atoms with E-state index in [1.54, 1.807) is 34.6 Å². The normalized spacial score (nSPS) is 13.8. The molecular formula is C20H38N4O4S. The number of thioether (sulfide) groups is 1. The van der Waals surface area contributed by atoms with Crippen LogP contribution in [0.4, 0.5) is 0 Å². The highest BCUT2D eigenvalue weighted by atomic mass is 32.2. The first-order chi connectivity index (χ1) is 13.2. The molecule has 0 saturated heterocycles. The quantitative estimate of drug-likeness (QED) is 0.415. The van der Waals surface area contributed by atoms with Gasteiger partial charge in [-0.2, -0.15) is 11.8 Å². The fraction of sp³-hybridized carbons (Fsp3) is 0.800. The van der Waals surface area contributed by atoms with Crippen molar-refractivity contribution in [2.45, 2.75) is 79.4 Å². The zero-order valence-electron chi connectivity index (χ0n) is 19.0. The third kappa shape index (κ3) is 11.7. The fourth-order valence-corrected chi connectivity index (χ4v) is 3.17. The Hall–Kier alpha value is -1.77. The monoisotopic (exact) mass is 430 g/mol. The highest BCUT2D eigenvalue weighted by molar-refractivity contribution is 7.99. The van der Waals surface area contributed by atoms with Gasteiger partial charge >= 0.3 is 0 Å². The third-order valence-corrected chi connectivity index (χ3v) is 4.83. The molecule has 0 bridgehead atoms. The van der Waals surface area contributed by atoms with E-state index in [9.17, 15) is 19.2 Å². The highest BCUT2D eigenvalue weighted by Crippen LogP contribution is 2.14. The Morgan fingerprint density at radius 1 is 0.828 bits per heavy atom. The Kier molecular flexibility index (Phi) is 11.3. The lowest BCUT2D eigenvalue weighted by Crippen LogP contribution is -2.54. The van der Waals surface area contributed by atoms with Crippen LogP contribution < -0.4 is 21.3 Å². The molecular weight excluding hydrogens is 392 g/mol. The summed E-state index contributed by atoms with van der Waals surface area (Å²) in [6, 6.07) is -1.44. The SMILES string of the molecule is CCNC(=O)C(CSCC(NC(=O)CC)C(=O)NC(C)(C)C)NC(=O)C(C)(C)C. The standard InChI is InChI=1S/C20H38N4O4S/c1-9-15(25)22-14(17(27)24-20(6,7)8)12-29-11-13(16(26)21-10-2)23-18(28)19(3,4)5/h13-14H,9-12H2,1-8H3,(H,21,26)(H,22,25)(H,23,28)(H,24,27). The molecule has 0 fully saturated rings. The van der Waals surface area contributed by atoms with E-state index < -0.39 is 23.0 Å². The summed E-state index contributed by atoms with van der Waals surface area (Å²) in [4.78, 5) is 49.0. The summed E-state index contributed by atoms with van der Waals surface area (Å²) in [6.07, 6.45) is 0.271. The first-order valence-electron chi connectivity index (χ1n) is 9.99. The summed E-state index contributed by atoms with van der Waals surface area (Å²) < 4.78 is 0.